The van der Waals surface area contributed by atoms with E-state index in [9.17, 15) is 0 Å². The summed E-state index contributed by atoms with van der Waals surface area (Å²) in [5.41, 5.74) is 0. The van der Waals surface area contributed by atoms with E-state index in [1.807, 2.05) is 13.8 Å². The molecule has 80 valence electrons. The molecule has 0 spiro atoms. The van der Waals surface area contributed by atoms with Gasteiger partial charge in [-0.15, -0.1) is 12.3 Å². The molecule has 0 aliphatic rings. The molecule has 0 aromatic carbocycles. The van der Waals surface area contributed by atoms with Gasteiger partial charge >= 0.3 is 0 Å². The highest BCUT2D eigenvalue weighted by atomic mass is 35.5. The number of anilines is 1. The maximum absolute atomic E-state index is 5.86. The summed E-state index contributed by atoms with van der Waals surface area (Å²) in [5, 5.41) is 3.64. The van der Waals surface area contributed by atoms with Crippen molar-refractivity contribution in [2.75, 3.05) is 5.32 Å². The first kappa shape index (κ1) is 11.8. The van der Waals surface area contributed by atoms with Gasteiger partial charge in [0.2, 0.25) is 0 Å². The second-order valence-corrected chi connectivity index (χ2v) is 3.69. The number of aromatic nitrogens is 2. The molecule has 1 heterocycles. The van der Waals surface area contributed by atoms with E-state index >= 15 is 0 Å². The van der Waals surface area contributed by atoms with Gasteiger partial charge in [0.15, 0.2) is 0 Å². The quantitative estimate of drug-likeness (QED) is 0.630. The van der Waals surface area contributed by atoms with Crippen LogP contribution in [0.4, 0.5) is 5.82 Å². The van der Waals surface area contributed by atoms with Crippen molar-refractivity contribution in [1.29, 1.82) is 0 Å². The number of hydrogen-bond donors (Lipinski definition) is 1. The smallest absolute Gasteiger partial charge is 0.134 e. The lowest BCUT2D eigenvalue weighted by molar-refractivity contribution is 0.813. The van der Waals surface area contributed by atoms with Gasteiger partial charge in [-0.3, -0.25) is 0 Å². The van der Waals surface area contributed by atoms with Gasteiger partial charge in [0.1, 0.15) is 16.8 Å². The van der Waals surface area contributed by atoms with Crippen molar-refractivity contribution in [2.24, 2.45) is 0 Å². The topological polar surface area (TPSA) is 37.8 Å². The third kappa shape index (κ3) is 3.77. The van der Waals surface area contributed by atoms with Crippen LogP contribution in [0.25, 0.3) is 0 Å². The highest BCUT2D eigenvalue weighted by molar-refractivity contribution is 6.29. The molecule has 3 nitrogen and oxygen atoms in total. The molecule has 1 aromatic heterocycles. The monoisotopic (exact) mass is 223 g/mol. The first-order valence-electron chi connectivity index (χ1n) is 4.89. The molecule has 0 radical (unpaired) electrons. The summed E-state index contributed by atoms with van der Waals surface area (Å²) < 4.78 is 0. The summed E-state index contributed by atoms with van der Waals surface area (Å²) in [6, 6.07) is 1.89. The van der Waals surface area contributed by atoms with Crippen LogP contribution in [0, 0.1) is 12.3 Å². The Kier molecular flexibility index (Phi) is 4.38. The maximum atomic E-state index is 5.86. The van der Waals surface area contributed by atoms with Gasteiger partial charge in [-0.2, -0.15) is 0 Å². The number of aryl methyl sites for hydroxylation is 1. The summed E-state index contributed by atoms with van der Waals surface area (Å²) in [7, 11) is 0. The number of terminal acetylenes is 1. The van der Waals surface area contributed by atoms with Gasteiger partial charge in [-0.1, -0.05) is 18.5 Å². The number of rotatable bonds is 4. The Morgan fingerprint density at radius 2 is 2.33 bits per heavy atom. The van der Waals surface area contributed by atoms with E-state index in [0.29, 0.717) is 11.6 Å². The Labute approximate surface area is 95.3 Å². The Morgan fingerprint density at radius 1 is 1.60 bits per heavy atom. The van der Waals surface area contributed by atoms with E-state index in [4.69, 9.17) is 18.0 Å². The van der Waals surface area contributed by atoms with E-state index in [1.165, 1.54) is 0 Å². The van der Waals surface area contributed by atoms with Gasteiger partial charge in [0.05, 0.1) is 0 Å². The first-order chi connectivity index (χ1) is 7.15. The number of nitrogens with one attached hydrogen (secondary N) is 1. The van der Waals surface area contributed by atoms with E-state index in [0.717, 1.165) is 18.1 Å². The molecule has 0 aliphatic heterocycles. The van der Waals surface area contributed by atoms with Gasteiger partial charge in [0, 0.05) is 24.9 Å². The van der Waals surface area contributed by atoms with Crippen LogP contribution in [0.15, 0.2) is 6.07 Å². The highest BCUT2D eigenvalue weighted by Crippen LogP contribution is 2.13. The second kappa shape index (κ2) is 5.57. The van der Waals surface area contributed by atoms with Gasteiger partial charge < -0.3 is 5.32 Å². The molecule has 4 heteroatoms. The lowest BCUT2D eigenvalue weighted by atomic mass is 10.2. The van der Waals surface area contributed by atoms with E-state index in [2.05, 4.69) is 21.2 Å². The van der Waals surface area contributed by atoms with Crippen LogP contribution in [-0.2, 0) is 6.42 Å². The van der Waals surface area contributed by atoms with Crippen molar-refractivity contribution >= 4 is 17.4 Å². The minimum absolute atomic E-state index is 0.186. The van der Waals surface area contributed by atoms with Gasteiger partial charge in [-0.25, -0.2) is 9.97 Å². The third-order valence-electron chi connectivity index (χ3n) is 1.88. The molecular weight excluding hydrogens is 210 g/mol. The molecule has 15 heavy (non-hydrogen) atoms. The third-order valence-corrected chi connectivity index (χ3v) is 2.07. The molecule has 0 bridgehead atoms. The van der Waals surface area contributed by atoms with Crippen molar-refractivity contribution in [3.05, 3.63) is 17.0 Å². The summed E-state index contributed by atoms with van der Waals surface area (Å²) >= 11 is 5.86. The number of halogens is 1. The van der Waals surface area contributed by atoms with E-state index < -0.39 is 0 Å². The zero-order chi connectivity index (χ0) is 11.3. The molecular formula is C11H14ClN3. The highest BCUT2D eigenvalue weighted by Gasteiger charge is 2.04. The van der Waals surface area contributed by atoms with Gasteiger partial charge in [-0.05, 0) is 6.92 Å². The van der Waals surface area contributed by atoms with Crippen LogP contribution in [0.1, 0.15) is 26.1 Å². The lowest BCUT2D eigenvalue weighted by Crippen LogP contribution is -2.15. The summed E-state index contributed by atoms with van der Waals surface area (Å²) in [5.74, 6) is 4.06. The number of nitrogens with zero attached hydrogens (tertiary/aromatic N) is 2. The van der Waals surface area contributed by atoms with E-state index in [-0.39, 0.29) is 6.04 Å². The SMILES string of the molecule is C#CCC(C)Nc1cc(Cl)nc(CC)n1. The molecule has 1 N–H and O–H groups in total. The fourth-order valence-electron chi connectivity index (χ4n) is 1.18. The summed E-state index contributed by atoms with van der Waals surface area (Å²) in [6.45, 7) is 3.99. The fraction of sp³-hybridized carbons (Fsp3) is 0.455. The predicted octanol–water partition coefficient (Wildman–Crippen LogP) is 2.52. The minimum atomic E-state index is 0.186. The molecule has 0 saturated carbocycles. The molecule has 1 aromatic rings. The van der Waals surface area contributed by atoms with Crippen LogP contribution in [0.2, 0.25) is 5.15 Å². The molecule has 0 aliphatic carbocycles. The Balaban J connectivity index is 2.77. The van der Waals surface area contributed by atoms with Crippen molar-refractivity contribution in [1.82, 2.24) is 9.97 Å². The molecule has 1 unspecified atom stereocenters. The van der Waals surface area contributed by atoms with Crippen molar-refractivity contribution in [2.45, 2.75) is 32.7 Å². The minimum Gasteiger partial charge on any atom is -0.367 e. The normalized spacial score (nSPS) is 11.9. The molecule has 0 saturated heterocycles. The largest absolute Gasteiger partial charge is 0.367 e. The zero-order valence-corrected chi connectivity index (χ0v) is 9.67. The first-order valence-corrected chi connectivity index (χ1v) is 5.27. The van der Waals surface area contributed by atoms with Crippen molar-refractivity contribution < 1.29 is 0 Å². The average Bonchev–Trinajstić information content (AvgIpc) is 2.17. The molecule has 1 atom stereocenters. The lowest BCUT2D eigenvalue weighted by Gasteiger charge is -2.12. The summed E-state index contributed by atoms with van der Waals surface area (Å²) in [4.78, 5) is 8.38. The van der Waals surface area contributed by atoms with Crippen molar-refractivity contribution in [3.63, 3.8) is 0 Å². The van der Waals surface area contributed by atoms with Crippen LogP contribution in [0.3, 0.4) is 0 Å². The Bertz CT molecular complexity index is 371. The Morgan fingerprint density at radius 3 is 2.93 bits per heavy atom. The van der Waals surface area contributed by atoms with Gasteiger partial charge in [0.25, 0.3) is 0 Å². The maximum Gasteiger partial charge on any atom is 0.134 e. The predicted molar refractivity (Wildman–Crippen MR) is 63.0 cm³/mol. The van der Waals surface area contributed by atoms with Crippen LogP contribution in [0.5, 0.6) is 0 Å². The van der Waals surface area contributed by atoms with Crippen LogP contribution >= 0.6 is 11.6 Å². The molecule has 0 amide bonds. The average molecular weight is 224 g/mol. The Hall–Kier alpha value is -1.27. The van der Waals surface area contributed by atoms with E-state index in [1.54, 1.807) is 6.07 Å². The van der Waals surface area contributed by atoms with Crippen LogP contribution in [-0.4, -0.2) is 16.0 Å². The van der Waals surface area contributed by atoms with Crippen molar-refractivity contribution in [3.8, 4) is 12.3 Å². The second-order valence-electron chi connectivity index (χ2n) is 3.30. The standard InChI is InChI=1S/C11H14ClN3/c1-4-6-8(3)13-11-7-9(12)14-10(5-2)15-11/h1,7-8H,5-6H2,2-3H3,(H,13,14,15). The number of hydrogen-bond acceptors (Lipinski definition) is 3. The molecule has 1 rings (SSSR count). The zero-order valence-electron chi connectivity index (χ0n) is 8.92. The molecule has 0 fully saturated rings. The van der Waals surface area contributed by atoms with Crippen LogP contribution < -0.4 is 5.32 Å². The summed E-state index contributed by atoms with van der Waals surface area (Å²) in [6.07, 6.45) is 6.64. The fourth-order valence-corrected chi connectivity index (χ4v) is 1.38.